The summed E-state index contributed by atoms with van der Waals surface area (Å²) in [5.41, 5.74) is 3.32. The Labute approximate surface area is 206 Å². The van der Waals surface area contributed by atoms with Gasteiger partial charge in [-0.3, -0.25) is 9.59 Å². The highest BCUT2D eigenvalue weighted by Crippen LogP contribution is 2.26. The minimum atomic E-state index is -0.534. The van der Waals surface area contributed by atoms with E-state index in [1.165, 1.54) is 5.56 Å². The Morgan fingerprint density at radius 1 is 1.12 bits per heavy atom. The second-order valence-corrected chi connectivity index (χ2v) is 9.69. The van der Waals surface area contributed by atoms with Crippen LogP contribution in [0.2, 0.25) is 0 Å². The number of hydrogen-bond acceptors (Lipinski definition) is 3. The molecule has 3 rings (SSSR count). The molecule has 0 heterocycles. The summed E-state index contributed by atoms with van der Waals surface area (Å²) in [5.74, 6) is 0.356. The fourth-order valence-electron chi connectivity index (χ4n) is 4.40. The maximum atomic E-state index is 13.4. The molecule has 2 aromatic carbocycles. The van der Waals surface area contributed by atoms with Gasteiger partial charge in [-0.1, -0.05) is 62.6 Å². The normalized spacial score (nSPS) is 14.7. The van der Waals surface area contributed by atoms with Crippen LogP contribution in [0, 0.1) is 6.92 Å². The highest BCUT2D eigenvalue weighted by Gasteiger charge is 2.31. The Morgan fingerprint density at radius 3 is 2.52 bits per heavy atom. The number of amides is 2. The molecule has 0 saturated heterocycles. The van der Waals surface area contributed by atoms with Gasteiger partial charge in [0.1, 0.15) is 11.8 Å². The maximum absolute atomic E-state index is 13.4. The highest BCUT2D eigenvalue weighted by molar-refractivity contribution is 9.10. The maximum Gasteiger partial charge on any atom is 0.261 e. The highest BCUT2D eigenvalue weighted by atomic mass is 79.9. The smallest absolute Gasteiger partial charge is 0.261 e. The molecule has 1 fully saturated rings. The van der Waals surface area contributed by atoms with Crippen molar-refractivity contribution in [3.05, 3.63) is 63.6 Å². The zero-order valence-electron chi connectivity index (χ0n) is 19.9. The molecule has 0 aliphatic heterocycles. The van der Waals surface area contributed by atoms with Crippen molar-refractivity contribution < 1.29 is 14.3 Å². The summed E-state index contributed by atoms with van der Waals surface area (Å²) in [6, 6.07) is 13.6. The van der Waals surface area contributed by atoms with Crippen LogP contribution >= 0.6 is 15.9 Å². The number of aryl methyl sites for hydroxylation is 2. The van der Waals surface area contributed by atoms with Gasteiger partial charge in [0.05, 0.1) is 4.47 Å². The molecule has 2 aromatic rings. The van der Waals surface area contributed by atoms with E-state index in [0.29, 0.717) is 18.7 Å². The van der Waals surface area contributed by atoms with Crippen LogP contribution in [0.1, 0.15) is 62.6 Å². The summed E-state index contributed by atoms with van der Waals surface area (Å²) in [5, 5.41) is 3.18. The van der Waals surface area contributed by atoms with Crippen LogP contribution in [0.4, 0.5) is 0 Å². The molecule has 2 amide bonds. The average molecular weight is 515 g/mol. The van der Waals surface area contributed by atoms with Crippen molar-refractivity contribution >= 4 is 27.7 Å². The first-order valence-corrected chi connectivity index (χ1v) is 12.8. The van der Waals surface area contributed by atoms with Crippen molar-refractivity contribution in [3.8, 4) is 5.75 Å². The lowest BCUT2D eigenvalue weighted by Crippen LogP contribution is -2.52. The van der Waals surface area contributed by atoms with Crippen molar-refractivity contribution in [1.29, 1.82) is 0 Å². The molecule has 0 unspecified atom stereocenters. The number of ether oxygens (including phenoxy) is 1. The molecular weight excluding hydrogens is 480 g/mol. The number of hydrogen-bond donors (Lipinski definition) is 1. The number of nitrogens with one attached hydrogen (secondary N) is 1. The number of nitrogens with zero attached hydrogens (tertiary/aromatic N) is 1. The molecule has 0 spiro atoms. The molecule has 1 atom stereocenters. The van der Waals surface area contributed by atoms with Crippen LogP contribution in [0.3, 0.4) is 0 Å². The third kappa shape index (κ3) is 7.07. The molecule has 0 aromatic heterocycles. The summed E-state index contributed by atoms with van der Waals surface area (Å²) in [7, 11) is 0. The monoisotopic (exact) mass is 514 g/mol. The summed E-state index contributed by atoms with van der Waals surface area (Å²) in [4.78, 5) is 28.2. The van der Waals surface area contributed by atoms with Gasteiger partial charge in [-0.25, -0.2) is 0 Å². The first-order valence-electron chi connectivity index (χ1n) is 12.0. The SMILES string of the molecule is CCc1ccc(OCC(=O)N(Cc2cccc(C)c2)[C@H](CC)C(=O)NC2CCCC2)c(Br)c1. The molecule has 5 nitrogen and oxygen atoms in total. The molecule has 178 valence electrons. The predicted octanol–water partition coefficient (Wildman–Crippen LogP) is 5.56. The largest absolute Gasteiger partial charge is 0.483 e. The Bertz CT molecular complexity index is 956. The van der Waals surface area contributed by atoms with Crippen molar-refractivity contribution in [1.82, 2.24) is 10.2 Å². The van der Waals surface area contributed by atoms with Gasteiger partial charge < -0.3 is 15.0 Å². The van der Waals surface area contributed by atoms with Crippen molar-refractivity contribution in [2.45, 2.75) is 77.9 Å². The second-order valence-electron chi connectivity index (χ2n) is 8.83. The van der Waals surface area contributed by atoms with Crippen LogP contribution in [0.5, 0.6) is 5.75 Å². The van der Waals surface area contributed by atoms with Gasteiger partial charge in [0.2, 0.25) is 5.91 Å². The van der Waals surface area contributed by atoms with E-state index < -0.39 is 6.04 Å². The number of carbonyl (C=O) groups excluding carboxylic acids is 2. The predicted molar refractivity (Wildman–Crippen MR) is 135 cm³/mol. The number of halogens is 1. The zero-order valence-corrected chi connectivity index (χ0v) is 21.5. The minimum Gasteiger partial charge on any atom is -0.483 e. The summed E-state index contributed by atoms with van der Waals surface area (Å²) in [6.07, 6.45) is 5.79. The number of rotatable bonds is 10. The molecule has 1 aliphatic rings. The van der Waals surface area contributed by atoms with Crippen molar-refractivity contribution in [2.75, 3.05) is 6.61 Å². The summed E-state index contributed by atoms with van der Waals surface area (Å²) >= 11 is 3.54. The summed E-state index contributed by atoms with van der Waals surface area (Å²) in [6.45, 7) is 6.33. The molecule has 1 N–H and O–H groups in total. The topological polar surface area (TPSA) is 58.6 Å². The van der Waals surface area contributed by atoms with E-state index in [4.69, 9.17) is 4.74 Å². The van der Waals surface area contributed by atoms with Gasteiger partial charge >= 0.3 is 0 Å². The van der Waals surface area contributed by atoms with Crippen molar-refractivity contribution in [3.63, 3.8) is 0 Å². The van der Waals surface area contributed by atoms with Crippen LogP contribution < -0.4 is 10.1 Å². The minimum absolute atomic E-state index is 0.0705. The Kier molecular flexibility index (Phi) is 9.36. The van der Waals surface area contributed by atoms with E-state index in [0.717, 1.165) is 47.7 Å². The van der Waals surface area contributed by atoms with Gasteiger partial charge in [-0.15, -0.1) is 0 Å². The first kappa shape index (κ1) is 25.3. The molecular formula is C27H35BrN2O3. The fraction of sp³-hybridized carbons (Fsp3) is 0.481. The number of carbonyl (C=O) groups is 2. The van der Waals surface area contributed by atoms with Gasteiger partial charge in [0.15, 0.2) is 6.61 Å². The number of benzene rings is 2. The van der Waals surface area contributed by atoms with E-state index in [2.05, 4.69) is 34.2 Å². The van der Waals surface area contributed by atoms with E-state index in [9.17, 15) is 9.59 Å². The van der Waals surface area contributed by atoms with E-state index in [-0.39, 0.29) is 24.5 Å². The average Bonchev–Trinajstić information content (AvgIpc) is 3.30. The third-order valence-electron chi connectivity index (χ3n) is 6.28. The van der Waals surface area contributed by atoms with Crippen LogP contribution in [-0.4, -0.2) is 35.4 Å². The van der Waals surface area contributed by atoms with Crippen molar-refractivity contribution in [2.24, 2.45) is 0 Å². The molecule has 6 heteroatoms. The lowest BCUT2D eigenvalue weighted by atomic mass is 10.1. The first-order chi connectivity index (χ1) is 15.9. The van der Waals surface area contributed by atoms with Crippen LogP contribution in [-0.2, 0) is 22.6 Å². The van der Waals surface area contributed by atoms with E-state index in [1.54, 1.807) is 4.90 Å². The molecule has 0 bridgehead atoms. The lowest BCUT2D eigenvalue weighted by Gasteiger charge is -2.31. The van der Waals surface area contributed by atoms with Gasteiger partial charge in [-0.2, -0.15) is 0 Å². The van der Waals surface area contributed by atoms with E-state index >= 15 is 0 Å². The molecule has 0 radical (unpaired) electrons. The molecule has 1 aliphatic carbocycles. The van der Waals surface area contributed by atoms with Gasteiger partial charge in [0, 0.05) is 12.6 Å². The Morgan fingerprint density at radius 2 is 1.88 bits per heavy atom. The fourth-order valence-corrected chi connectivity index (χ4v) is 4.94. The Balaban J connectivity index is 1.77. The van der Waals surface area contributed by atoms with Gasteiger partial charge in [-0.05, 0) is 71.8 Å². The van der Waals surface area contributed by atoms with Crippen LogP contribution in [0.25, 0.3) is 0 Å². The quantitative estimate of drug-likeness (QED) is 0.451. The molecule has 33 heavy (non-hydrogen) atoms. The lowest BCUT2D eigenvalue weighted by molar-refractivity contribution is -0.143. The third-order valence-corrected chi connectivity index (χ3v) is 6.90. The van der Waals surface area contributed by atoms with Gasteiger partial charge in [0.25, 0.3) is 5.91 Å². The second kappa shape index (κ2) is 12.2. The van der Waals surface area contributed by atoms with E-state index in [1.807, 2.05) is 50.2 Å². The Hall–Kier alpha value is -2.34. The standard InChI is InChI=1S/C27H35BrN2O3/c1-4-20-13-14-25(23(28)16-20)33-18-26(31)30(17-21-10-8-9-19(3)15-21)24(5-2)27(32)29-22-11-6-7-12-22/h8-10,13-16,22,24H,4-7,11-12,17-18H2,1-3H3,(H,29,32)/t24-/m1/s1. The van der Waals surface area contributed by atoms with Crippen LogP contribution in [0.15, 0.2) is 46.9 Å². The zero-order chi connectivity index (χ0) is 23.8. The molecule has 1 saturated carbocycles. The summed E-state index contributed by atoms with van der Waals surface area (Å²) < 4.78 is 6.70.